The molecule has 0 aliphatic heterocycles. The van der Waals surface area contributed by atoms with Crippen LogP contribution in [0.2, 0.25) is 0 Å². The molecule has 1 amide bonds. The van der Waals surface area contributed by atoms with Gasteiger partial charge in [0.25, 0.3) is 0 Å². The molecule has 0 aliphatic carbocycles. The molecule has 186 valence electrons. The molecule has 0 radical (unpaired) electrons. The summed E-state index contributed by atoms with van der Waals surface area (Å²) in [7, 11) is 3.22. The molecule has 0 spiro atoms. The maximum Gasteiger partial charge on any atom is 0.230 e. The largest absolute Gasteiger partial charge is 0.493 e. The fourth-order valence-corrected chi connectivity index (χ4v) is 4.68. The van der Waals surface area contributed by atoms with Crippen molar-refractivity contribution in [1.29, 1.82) is 0 Å². The number of amides is 1. The Balaban J connectivity index is 1.40. The predicted octanol–water partition coefficient (Wildman–Crippen LogP) is 4.63. The van der Waals surface area contributed by atoms with Gasteiger partial charge < -0.3 is 14.8 Å². The van der Waals surface area contributed by atoms with Crippen LogP contribution in [0.5, 0.6) is 11.5 Å². The maximum absolute atomic E-state index is 12.6. The molecule has 0 saturated heterocycles. The Bertz CT molecular complexity index is 1310. The fourth-order valence-electron chi connectivity index (χ4n) is 3.88. The molecular formula is C28H30N4O3S. The minimum atomic E-state index is -0.0520. The van der Waals surface area contributed by atoms with Crippen LogP contribution >= 0.6 is 11.8 Å². The van der Waals surface area contributed by atoms with Gasteiger partial charge >= 0.3 is 0 Å². The van der Waals surface area contributed by atoms with E-state index in [1.54, 1.807) is 14.2 Å². The van der Waals surface area contributed by atoms with Crippen LogP contribution in [0.4, 0.5) is 0 Å². The van der Waals surface area contributed by atoms with Gasteiger partial charge in [0.2, 0.25) is 5.91 Å². The highest BCUT2D eigenvalue weighted by Gasteiger charge is 2.16. The number of hydrogen-bond acceptors (Lipinski definition) is 6. The summed E-state index contributed by atoms with van der Waals surface area (Å²) in [6.07, 6.45) is 1.34. The molecule has 4 aromatic rings. The fraction of sp³-hybridized carbons (Fsp3) is 0.250. The van der Waals surface area contributed by atoms with Crippen molar-refractivity contribution in [1.82, 2.24) is 20.1 Å². The number of carbonyl (C=O) groups is 1. The van der Waals surface area contributed by atoms with E-state index in [9.17, 15) is 4.79 Å². The van der Waals surface area contributed by atoms with Gasteiger partial charge in [-0.3, -0.25) is 9.36 Å². The number of rotatable bonds is 11. The highest BCUT2D eigenvalue weighted by molar-refractivity contribution is 7.99. The normalized spacial score (nSPS) is 10.8. The van der Waals surface area contributed by atoms with E-state index in [2.05, 4.69) is 46.7 Å². The molecule has 0 unspecified atom stereocenters. The molecule has 0 bridgehead atoms. The first-order valence-corrected chi connectivity index (χ1v) is 12.7. The highest BCUT2D eigenvalue weighted by Crippen LogP contribution is 2.28. The lowest BCUT2D eigenvalue weighted by Crippen LogP contribution is -2.27. The molecule has 4 rings (SSSR count). The molecule has 36 heavy (non-hydrogen) atoms. The third kappa shape index (κ3) is 6.46. The SMILES string of the molecule is COc1ccc(CCNC(=O)CSc2nnc(Cc3ccccc3)n2-c2cccc(C)c2)cc1OC. The molecule has 7 nitrogen and oxygen atoms in total. The van der Waals surface area contributed by atoms with Crippen LogP contribution in [0.1, 0.15) is 22.5 Å². The van der Waals surface area contributed by atoms with Crippen LogP contribution in [-0.4, -0.2) is 47.2 Å². The van der Waals surface area contributed by atoms with E-state index in [-0.39, 0.29) is 11.7 Å². The van der Waals surface area contributed by atoms with E-state index >= 15 is 0 Å². The van der Waals surface area contributed by atoms with E-state index in [4.69, 9.17) is 9.47 Å². The smallest absolute Gasteiger partial charge is 0.230 e. The first-order chi connectivity index (χ1) is 17.6. The Morgan fingerprint density at radius 2 is 1.72 bits per heavy atom. The van der Waals surface area contributed by atoms with Crippen molar-refractivity contribution in [2.75, 3.05) is 26.5 Å². The van der Waals surface area contributed by atoms with E-state index in [1.165, 1.54) is 11.8 Å². The number of nitrogens with zero attached hydrogens (tertiary/aromatic N) is 3. The Labute approximate surface area is 215 Å². The lowest BCUT2D eigenvalue weighted by Gasteiger charge is -2.12. The number of thioether (sulfide) groups is 1. The van der Waals surface area contributed by atoms with E-state index in [0.29, 0.717) is 36.0 Å². The van der Waals surface area contributed by atoms with Crippen LogP contribution < -0.4 is 14.8 Å². The van der Waals surface area contributed by atoms with Gasteiger partial charge in [-0.15, -0.1) is 10.2 Å². The first kappa shape index (κ1) is 25.3. The number of aromatic nitrogens is 3. The van der Waals surface area contributed by atoms with Gasteiger partial charge in [-0.25, -0.2) is 0 Å². The van der Waals surface area contributed by atoms with Gasteiger partial charge in [-0.05, 0) is 54.3 Å². The summed E-state index contributed by atoms with van der Waals surface area (Å²) in [5.41, 5.74) is 4.35. The standard InChI is InChI=1S/C28H30N4O3S/c1-20-8-7-11-23(16-20)32-26(18-21-9-5-4-6-10-21)30-31-28(32)36-19-27(33)29-15-14-22-12-13-24(34-2)25(17-22)35-3/h4-13,16-17H,14-15,18-19H2,1-3H3,(H,29,33). The molecule has 0 aliphatic rings. The topological polar surface area (TPSA) is 78.3 Å². The third-order valence-electron chi connectivity index (χ3n) is 5.68. The third-order valence-corrected chi connectivity index (χ3v) is 6.61. The lowest BCUT2D eigenvalue weighted by atomic mass is 10.1. The highest BCUT2D eigenvalue weighted by atomic mass is 32.2. The van der Waals surface area contributed by atoms with Crippen molar-refractivity contribution in [3.05, 3.63) is 95.3 Å². The summed E-state index contributed by atoms with van der Waals surface area (Å²) in [5.74, 6) is 2.40. The quantitative estimate of drug-likeness (QED) is 0.301. The van der Waals surface area contributed by atoms with Crippen molar-refractivity contribution in [3.63, 3.8) is 0 Å². The van der Waals surface area contributed by atoms with Crippen LogP contribution in [-0.2, 0) is 17.6 Å². The average molecular weight is 503 g/mol. The zero-order valence-corrected chi connectivity index (χ0v) is 21.5. The Hall–Kier alpha value is -3.78. The van der Waals surface area contributed by atoms with E-state index < -0.39 is 0 Å². The number of ether oxygens (including phenoxy) is 2. The summed E-state index contributed by atoms with van der Waals surface area (Å²) >= 11 is 1.39. The second-order valence-electron chi connectivity index (χ2n) is 8.31. The Kier molecular flexibility index (Phi) is 8.62. The number of hydrogen-bond donors (Lipinski definition) is 1. The minimum absolute atomic E-state index is 0.0520. The van der Waals surface area contributed by atoms with Crippen LogP contribution in [0.15, 0.2) is 78.0 Å². The van der Waals surface area contributed by atoms with Gasteiger partial charge in [-0.2, -0.15) is 0 Å². The molecule has 1 aromatic heterocycles. The summed E-state index contributed by atoms with van der Waals surface area (Å²) in [6.45, 7) is 2.59. The second kappa shape index (κ2) is 12.3. The first-order valence-electron chi connectivity index (χ1n) is 11.7. The number of methoxy groups -OCH3 is 2. The second-order valence-corrected chi connectivity index (χ2v) is 9.26. The van der Waals surface area contributed by atoms with Crippen molar-refractivity contribution >= 4 is 17.7 Å². The zero-order valence-electron chi connectivity index (χ0n) is 20.7. The molecule has 0 saturated carbocycles. The zero-order chi connectivity index (χ0) is 25.3. The van der Waals surface area contributed by atoms with E-state index in [1.807, 2.05) is 53.1 Å². The van der Waals surface area contributed by atoms with Gasteiger partial charge in [0.15, 0.2) is 16.7 Å². The van der Waals surface area contributed by atoms with Crippen molar-refractivity contribution in [3.8, 4) is 17.2 Å². The summed E-state index contributed by atoms with van der Waals surface area (Å²) in [6, 6.07) is 24.2. The summed E-state index contributed by atoms with van der Waals surface area (Å²) in [4.78, 5) is 12.6. The number of carbonyl (C=O) groups excluding carboxylic acids is 1. The van der Waals surface area contributed by atoms with Crippen LogP contribution in [0, 0.1) is 6.92 Å². The summed E-state index contributed by atoms with van der Waals surface area (Å²) in [5, 5.41) is 12.6. The lowest BCUT2D eigenvalue weighted by molar-refractivity contribution is -0.118. The molecule has 0 atom stereocenters. The number of benzene rings is 3. The number of nitrogens with one attached hydrogen (secondary N) is 1. The molecule has 1 heterocycles. The van der Waals surface area contributed by atoms with Crippen LogP contribution in [0.25, 0.3) is 5.69 Å². The minimum Gasteiger partial charge on any atom is -0.493 e. The number of aryl methyl sites for hydroxylation is 1. The van der Waals surface area contributed by atoms with Crippen molar-refractivity contribution in [2.24, 2.45) is 0 Å². The molecular weight excluding hydrogens is 472 g/mol. The molecule has 3 aromatic carbocycles. The molecule has 1 N–H and O–H groups in total. The van der Waals surface area contributed by atoms with Gasteiger partial charge in [-0.1, -0.05) is 60.3 Å². The maximum atomic E-state index is 12.6. The summed E-state index contributed by atoms with van der Waals surface area (Å²) < 4.78 is 12.7. The van der Waals surface area contributed by atoms with Gasteiger partial charge in [0.05, 0.1) is 20.0 Å². The molecule has 0 fully saturated rings. The van der Waals surface area contributed by atoms with Crippen molar-refractivity contribution in [2.45, 2.75) is 24.9 Å². The van der Waals surface area contributed by atoms with E-state index in [0.717, 1.165) is 28.2 Å². The van der Waals surface area contributed by atoms with Gasteiger partial charge in [0.1, 0.15) is 5.82 Å². The van der Waals surface area contributed by atoms with Gasteiger partial charge in [0, 0.05) is 18.7 Å². The Morgan fingerprint density at radius 1 is 0.917 bits per heavy atom. The molecule has 8 heteroatoms. The monoisotopic (exact) mass is 502 g/mol. The predicted molar refractivity (Wildman–Crippen MR) is 142 cm³/mol. The van der Waals surface area contributed by atoms with Crippen LogP contribution in [0.3, 0.4) is 0 Å². The Morgan fingerprint density at radius 3 is 2.47 bits per heavy atom. The average Bonchev–Trinajstić information content (AvgIpc) is 3.30. The van der Waals surface area contributed by atoms with Crippen molar-refractivity contribution < 1.29 is 14.3 Å².